The molecule has 0 bridgehead atoms. The zero-order valence-corrected chi connectivity index (χ0v) is 66.6. The summed E-state index contributed by atoms with van der Waals surface area (Å²) in [5.41, 5.74) is 0. The average molecular weight is 1450 g/mol. The Hall–Kier alpha value is -1.94. The average Bonchev–Trinajstić information content (AvgIpc) is 1.04. The molecule has 0 aromatic carbocycles. The SMILES string of the molecule is CCCCCCCCCCCCCCC(=O)O[C@H](COC(=O)CCCCCCCCC)COP(=O)(O)OC[C@H](O)COP(=O)(O)OC[C@@H](COC(=O)CCCCCCCCCCCCCCCCC(C)CC)OC(=O)CCCCCCCCCCCCCCCCCCCCC(C)CC. The van der Waals surface area contributed by atoms with Gasteiger partial charge in [-0.1, -0.05) is 369 Å². The van der Waals surface area contributed by atoms with Gasteiger partial charge in [0, 0.05) is 25.7 Å². The molecule has 3 N–H and O–H groups in total. The van der Waals surface area contributed by atoms with Crippen LogP contribution in [0.3, 0.4) is 0 Å². The molecule has 0 heterocycles. The van der Waals surface area contributed by atoms with Crippen molar-refractivity contribution in [1.29, 1.82) is 0 Å². The minimum atomic E-state index is -4.96. The molecule has 0 saturated heterocycles. The van der Waals surface area contributed by atoms with E-state index in [4.69, 9.17) is 37.0 Å². The molecule has 0 spiro atoms. The zero-order valence-electron chi connectivity index (χ0n) is 64.8. The molecule has 99 heavy (non-hydrogen) atoms. The number of aliphatic hydroxyl groups excluding tert-OH is 1. The van der Waals surface area contributed by atoms with E-state index in [-0.39, 0.29) is 25.7 Å². The van der Waals surface area contributed by atoms with Crippen LogP contribution in [0.4, 0.5) is 0 Å². The number of phosphoric ester groups is 2. The van der Waals surface area contributed by atoms with Crippen molar-refractivity contribution in [3.05, 3.63) is 0 Å². The van der Waals surface area contributed by atoms with Gasteiger partial charge in [-0.2, -0.15) is 0 Å². The summed E-state index contributed by atoms with van der Waals surface area (Å²) >= 11 is 0. The fraction of sp³-hybridized carbons (Fsp3) is 0.950. The Kier molecular flexibility index (Phi) is 70.3. The van der Waals surface area contributed by atoms with Gasteiger partial charge in [-0.3, -0.25) is 37.3 Å². The number of rotatable bonds is 79. The lowest BCUT2D eigenvalue weighted by molar-refractivity contribution is -0.161. The van der Waals surface area contributed by atoms with Crippen LogP contribution in [0.1, 0.15) is 420 Å². The number of esters is 4. The lowest BCUT2D eigenvalue weighted by atomic mass is 9.99. The van der Waals surface area contributed by atoms with Crippen LogP contribution in [0.2, 0.25) is 0 Å². The van der Waals surface area contributed by atoms with Crippen molar-refractivity contribution < 1.29 is 80.2 Å². The van der Waals surface area contributed by atoms with Crippen LogP contribution < -0.4 is 0 Å². The molecule has 17 nitrogen and oxygen atoms in total. The Morgan fingerprint density at radius 3 is 0.717 bits per heavy atom. The van der Waals surface area contributed by atoms with Crippen LogP contribution in [0.5, 0.6) is 0 Å². The van der Waals surface area contributed by atoms with Crippen molar-refractivity contribution in [3.63, 3.8) is 0 Å². The van der Waals surface area contributed by atoms with Gasteiger partial charge < -0.3 is 33.8 Å². The van der Waals surface area contributed by atoms with E-state index in [9.17, 15) is 43.2 Å². The highest BCUT2D eigenvalue weighted by molar-refractivity contribution is 7.47. The Bertz CT molecular complexity index is 1910. The quantitative estimate of drug-likeness (QED) is 0.0222. The molecule has 0 amide bonds. The van der Waals surface area contributed by atoms with Crippen molar-refractivity contribution in [2.45, 2.75) is 439 Å². The van der Waals surface area contributed by atoms with Crippen molar-refractivity contribution in [2.24, 2.45) is 11.8 Å². The minimum Gasteiger partial charge on any atom is -0.462 e. The molecule has 0 aliphatic carbocycles. The largest absolute Gasteiger partial charge is 0.472 e. The summed E-state index contributed by atoms with van der Waals surface area (Å²) in [6.45, 7) is 9.70. The topological polar surface area (TPSA) is 237 Å². The number of hydrogen-bond acceptors (Lipinski definition) is 15. The molecular weight excluding hydrogens is 1290 g/mol. The Morgan fingerprint density at radius 1 is 0.283 bits per heavy atom. The molecule has 7 atom stereocenters. The van der Waals surface area contributed by atoms with Crippen LogP contribution >= 0.6 is 15.6 Å². The van der Waals surface area contributed by atoms with Gasteiger partial charge in [-0.15, -0.1) is 0 Å². The molecule has 0 aliphatic heterocycles. The first-order valence-corrected chi connectivity index (χ1v) is 44.6. The maximum absolute atomic E-state index is 13.1. The summed E-state index contributed by atoms with van der Waals surface area (Å²) in [6, 6.07) is 0. The molecule has 0 aliphatic rings. The van der Waals surface area contributed by atoms with Crippen molar-refractivity contribution >= 4 is 39.5 Å². The Labute approximate surface area is 607 Å². The van der Waals surface area contributed by atoms with Crippen molar-refractivity contribution in [2.75, 3.05) is 39.6 Å². The van der Waals surface area contributed by atoms with E-state index in [1.54, 1.807) is 0 Å². The van der Waals surface area contributed by atoms with E-state index in [0.29, 0.717) is 25.7 Å². The van der Waals surface area contributed by atoms with Crippen LogP contribution in [0, 0.1) is 11.8 Å². The van der Waals surface area contributed by atoms with Crippen molar-refractivity contribution in [3.8, 4) is 0 Å². The molecule has 0 saturated carbocycles. The summed E-state index contributed by atoms with van der Waals surface area (Å²) in [6.07, 6.45) is 61.1. The maximum Gasteiger partial charge on any atom is 0.472 e. The number of carbonyl (C=O) groups is 4. The van der Waals surface area contributed by atoms with Gasteiger partial charge in [0.2, 0.25) is 0 Å². The molecule has 0 fully saturated rings. The Morgan fingerprint density at radius 2 is 0.485 bits per heavy atom. The van der Waals surface area contributed by atoms with E-state index in [0.717, 1.165) is 115 Å². The number of aliphatic hydroxyl groups is 1. The lowest BCUT2D eigenvalue weighted by Crippen LogP contribution is -2.30. The van der Waals surface area contributed by atoms with Gasteiger partial charge in [0.15, 0.2) is 12.2 Å². The standard InChI is InChI=1S/C80H156O17P2/c1-7-11-13-15-17-18-19-34-40-46-52-58-64-79(84)96-75(68-90-77(82)62-56-50-42-16-14-12-8-2)70-94-98(86,87)92-66-74(81)67-93-99(88,89)95-71-76(69-91-78(83)63-57-51-45-39-35-30-27-26-29-33-38-44-49-55-61-73(6)10-4)97-80(85)65-59-53-47-41-36-31-25-23-21-20-22-24-28-32-37-43-48-54-60-72(5)9-3/h72-76,81H,7-71H2,1-6H3,(H,86,87)(H,88,89)/t72?,73?,74-,75+,76+/m0/s1. The first-order valence-electron chi connectivity index (χ1n) is 41.6. The fourth-order valence-corrected chi connectivity index (χ4v) is 13.9. The molecule has 0 aromatic heterocycles. The summed E-state index contributed by atoms with van der Waals surface area (Å²) < 4.78 is 68.5. The van der Waals surface area contributed by atoms with E-state index < -0.39 is 97.5 Å². The fourth-order valence-electron chi connectivity index (χ4n) is 12.3. The van der Waals surface area contributed by atoms with Gasteiger partial charge in [0.25, 0.3) is 0 Å². The number of phosphoric acid groups is 2. The van der Waals surface area contributed by atoms with E-state index in [1.165, 1.54) is 225 Å². The molecule has 0 radical (unpaired) electrons. The van der Waals surface area contributed by atoms with Crippen LogP contribution in [0.25, 0.3) is 0 Å². The molecule has 4 unspecified atom stereocenters. The summed E-state index contributed by atoms with van der Waals surface area (Å²) in [5, 5.41) is 10.6. The van der Waals surface area contributed by atoms with Crippen LogP contribution in [0.15, 0.2) is 0 Å². The van der Waals surface area contributed by atoms with Gasteiger partial charge in [0.05, 0.1) is 26.4 Å². The van der Waals surface area contributed by atoms with Gasteiger partial charge in [0.1, 0.15) is 19.3 Å². The van der Waals surface area contributed by atoms with Crippen LogP contribution in [-0.2, 0) is 65.4 Å². The second-order valence-electron chi connectivity index (χ2n) is 29.3. The Balaban J connectivity index is 5.16. The van der Waals surface area contributed by atoms with Gasteiger partial charge in [-0.25, -0.2) is 9.13 Å². The third-order valence-corrected chi connectivity index (χ3v) is 21.3. The predicted octanol–water partition coefficient (Wildman–Crippen LogP) is 23.9. The summed E-state index contributed by atoms with van der Waals surface area (Å²) in [5.74, 6) is -0.393. The second-order valence-corrected chi connectivity index (χ2v) is 32.2. The number of unbranched alkanes of at least 4 members (excludes halogenated alkanes) is 47. The van der Waals surface area contributed by atoms with E-state index in [2.05, 4.69) is 41.5 Å². The molecule has 19 heteroatoms. The van der Waals surface area contributed by atoms with E-state index in [1.807, 2.05) is 0 Å². The number of ether oxygens (including phenoxy) is 4. The highest BCUT2D eigenvalue weighted by Crippen LogP contribution is 2.45. The third-order valence-electron chi connectivity index (χ3n) is 19.4. The number of hydrogen-bond donors (Lipinski definition) is 3. The van der Waals surface area contributed by atoms with Crippen molar-refractivity contribution in [1.82, 2.24) is 0 Å². The predicted molar refractivity (Wildman–Crippen MR) is 405 cm³/mol. The molecule has 0 aromatic rings. The zero-order chi connectivity index (χ0) is 72.8. The molecule has 588 valence electrons. The summed E-state index contributed by atoms with van der Waals surface area (Å²) in [7, 11) is -9.91. The number of carbonyl (C=O) groups excluding carboxylic acids is 4. The minimum absolute atomic E-state index is 0.107. The second kappa shape index (κ2) is 71.7. The first kappa shape index (κ1) is 97.1. The first-order chi connectivity index (χ1) is 47.9. The smallest absolute Gasteiger partial charge is 0.462 e. The lowest BCUT2D eigenvalue weighted by Gasteiger charge is -2.21. The normalized spacial score (nSPS) is 14.5. The van der Waals surface area contributed by atoms with E-state index >= 15 is 0 Å². The van der Waals surface area contributed by atoms with Gasteiger partial charge >= 0.3 is 39.5 Å². The highest BCUT2D eigenvalue weighted by atomic mass is 31.2. The summed E-state index contributed by atoms with van der Waals surface area (Å²) in [4.78, 5) is 72.8. The molecular formula is C80H156O17P2. The van der Waals surface area contributed by atoms with Crippen LogP contribution in [-0.4, -0.2) is 96.7 Å². The molecule has 0 rings (SSSR count). The monoisotopic (exact) mass is 1450 g/mol. The third kappa shape index (κ3) is 71.5. The maximum atomic E-state index is 13.1. The van der Waals surface area contributed by atoms with Gasteiger partial charge in [-0.05, 0) is 37.5 Å². The highest BCUT2D eigenvalue weighted by Gasteiger charge is 2.30.